The zero-order valence-corrected chi connectivity index (χ0v) is 16.3. The van der Waals surface area contributed by atoms with Crippen molar-refractivity contribution >= 4 is 11.5 Å². The molecule has 1 aliphatic heterocycles. The lowest BCUT2D eigenvalue weighted by Gasteiger charge is -2.13. The SMILES string of the molecule is COc1cc(-c2nn(-c3ccc([N+](=O)[O-])cc3)c3c2CCN3)cc(OC)c1OC. The molecule has 0 saturated carbocycles. The van der Waals surface area contributed by atoms with Crippen molar-refractivity contribution in [2.45, 2.75) is 6.42 Å². The molecule has 4 rings (SSSR count). The molecule has 0 bridgehead atoms. The normalized spacial score (nSPS) is 12.2. The van der Waals surface area contributed by atoms with Crippen LogP contribution in [0.4, 0.5) is 11.5 Å². The fourth-order valence-corrected chi connectivity index (χ4v) is 3.53. The Morgan fingerprint density at radius 3 is 2.28 bits per heavy atom. The summed E-state index contributed by atoms with van der Waals surface area (Å²) in [5.41, 5.74) is 3.47. The minimum atomic E-state index is -0.420. The third-order valence-electron chi connectivity index (χ3n) is 4.89. The molecule has 0 fully saturated rings. The molecule has 0 atom stereocenters. The van der Waals surface area contributed by atoms with Crippen LogP contribution in [0.25, 0.3) is 16.9 Å². The van der Waals surface area contributed by atoms with Crippen LogP contribution in [0.1, 0.15) is 5.56 Å². The van der Waals surface area contributed by atoms with E-state index in [2.05, 4.69) is 5.32 Å². The van der Waals surface area contributed by atoms with Gasteiger partial charge in [0.05, 0.1) is 37.6 Å². The molecule has 0 radical (unpaired) electrons. The summed E-state index contributed by atoms with van der Waals surface area (Å²) in [4.78, 5) is 10.5. The largest absolute Gasteiger partial charge is 0.493 e. The Morgan fingerprint density at radius 2 is 1.72 bits per heavy atom. The Hall–Kier alpha value is -3.75. The molecule has 1 N–H and O–H groups in total. The summed E-state index contributed by atoms with van der Waals surface area (Å²) in [6.07, 6.45) is 0.814. The second kappa shape index (κ2) is 7.34. The molecule has 150 valence electrons. The first-order valence-electron chi connectivity index (χ1n) is 8.98. The highest BCUT2D eigenvalue weighted by Gasteiger charge is 2.26. The van der Waals surface area contributed by atoms with Crippen LogP contribution in [-0.2, 0) is 6.42 Å². The van der Waals surface area contributed by atoms with Crippen molar-refractivity contribution in [1.29, 1.82) is 0 Å². The van der Waals surface area contributed by atoms with Gasteiger partial charge in [0, 0.05) is 29.8 Å². The van der Waals surface area contributed by atoms with Crippen molar-refractivity contribution in [1.82, 2.24) is 9.78 Å². The van der Waals surface area contributed by atoms with E-state index < -0.39 is 4.92 Å². The van der Waals surface area contributed by atoms with Gasteiger partial charge in [-0.1, -0.05) is 0 Å². The van der Waals surface area contributed by atoms with Crippen LogP contribution in [0.5, 0.6) is 17.2 Å². The predicted molar refractivity (Wildman–Crippen MR) is 108 cm³/mol. The molecule has 2 heterocycles. The number of nitro benzene ring substituents is 1. The van der Waals surface area contributed by atoms with Crippen molar-refractivity contribution < 1.29 is 19.1 Å². The molecule has 2 aromatic carbocycles. The van der Waals surface area contributed by atoms with Crippen LogP contribution in [0, 0.1) is 10.1 Å². The lowest BCUT2D eigenvalue weighted by molar-refractivity contribution is -0.384. The average Bonchev–Trinajstić information content (AvgIpc) is 3.35. The van der Waals surface area contributed by atoms with Crippen molar-refractivity contribution in [2.24, 2.45) is 0 Å². The van der Waals surface area contributed by atoms with E-state index >= 15 is 0 Å². The van der Waals surface area contributed by atoms with Crippen LogP contribution >= 0.6 is 0 Å². The molecule has 0 unspecified atom stereocenters. The first-order valence-corrected chi connectivity index (χ1v) is 8.98. The first kappa shape index (κ1) is 18.6. The Morgan fingerprint density at radius 1 is 1.07 bits per heavy atom. The van der Waals surface area contributed by atoms with Crippen LogP contribution < -0.4 is 19.5 Å². The minimum absolute atomic E-state index is 0.0374. The maximum Gasteiger partial charge on any atom is 0.269 e. The zero-order valence-electron chi connectivity index (χ0n) is 16.3. The van der Waals surface area contributed by atoms with E-state index in [0.717, 1.165) is 41.3 Å². The van der Waals surface area contributed by atoms with E-state index in [0.29, 0.717) is 17.2 Å². The van der Waals surface area contributed by atoms with E-state index in [4.69, 9.17) is 19.3 Å². The number of nitrogens with zero attached hydrogens (tertiary/aromatic N) is 3. The van der Waals surface area contributed by atoms with Crippen LogP contribution in [0.2, 0.25) is 0 Å². The number of non-ortho nitro benzene ring substituents is 1. The summed E-state index contributed by atoms with van der Waals surface area (Å²) in [6, 6.07) is 10.0. The molecule has 9 heteroatoms. The molecule has 9 nitrogen and oxygen atoms in total. The Kier molecular flexibility index (Phi) is 4.71. The summed E-state index contributed by atoms with van der Waals surface area (Å²) in [5.74, 6) is 2.49. The summed E-state index contributed by atoms with van der Waals surface area (Å²) < 4.78 is 18.1. The number of aromatic nitrogens is 2. The van der Waals surface area contributed by atoms with Gasteiger partial charge < -0.3 is 19.5 Å². The Bertz CT molecular complexity index is 1050. The molecule has 0 spiro atoms. The van der Waals surface area contributed by atoms with Gasteiger partial charge in [0.25, 0.3) is 5.69 Å². The van der Waals surface area contributed by atoms with Gasteiger partial charge >= 0.3 is 0 Å². The number of methoxy groups -OCH3 is 3. The fraction of sp³-hybridized carbons (Fsp3) is 0.250. The van der Waals surface area contributed by atoms with E-state index in [9.17, 15) is 10.1 Å². The number of benzene rings is 2. The fourth-order valence-electron chi connectivity index (χ4n) is 3.53. The Balaban J connectivity index is 1.85. The van der Waals surface area contributed by atoms with Gasteiger partial charge in [0.2, 0.25) is 5.75 Å². The molecule has 29 heavy (non-hydrogen) atoms. The maximum absolute atomic E-state index is 10.9. The highest BCUT2D eigenvalue weighted by Crippen LogP contribution is 2.43. The van der Waals surface area contributed by atoms with Gasteiger partial charge in [-0.2, -0.15) is 5.10 Å². The smallest absolute Gasteiger partial charge is 0.269 e. The maximum atomic E-state index is 10.9. The number of hydrogen-bond donors (Lipinski definition) is 1. The number of anilines is 1. The molecule has 1 aliphatic rings. The van der Waals surface area contributed by atoms with E-state index in [1.54, 1.807) is 38.1 Å². The monoisotopic (exact) mass is 396 g/mol. The van der Waals surface area contributed by atoms with Gasteiger partial charge in [-0.3, -0.25) is 10.1 Å². The number of rotatable bonds is 6. The van der Waals surface area contributed by atoms with Gasteiger partial charge in [-0.15, -0.1) is 0 Å². The lowest BCUT2D eigenvalue weighted by atomic mass is 10.1. The summed E-state index contributed by atoms with van der Waals surface area (Å²) in [6.45, 7) is 0.789. The molecule has 0 saturated heterocycles. The second-order valence-electron chi connectivity index (χ2n) is 6.45. The second-order valence-corrected chi connectivity index (χ2v) is 6.45. The van der Waals surface area contributed by atoms with Crippen molar-refractivity contribution in [2.75, 3.05) is 33.2 Å². The minimum Gasteiger partial charge on any atom is -0.493 e. The van der Waals surface area contributed by atoms with Gasteiger partial charge in [-0.05, 0) is 30.7 Å². The molecule has 0 aliphatic carbocycles. The molecule has 0 amide bonds. The standard InChI is InChI=1S/C20H20N4O5/c1-27-16-10-12(11-17(28-2)19(16)29-3)18-15-8-9-21-20(15)23(22-18)13-4-6-14(7-5-13)24(25)26/h4-7,10-11,21H,8-9H2,1-3H3. The molecular formula is C20H20N4O5. The van der Waals surface area contributed by atoms with Crippen molar-refractivity contribution in [3.63, 3.8) is 0 Å². The quantitative estimate of drug-likeness (QED) is 0.503. The zero-order chi connectivity index (χ0) is 20.5. The van der Waals surface area contributed by atoms with Crippen LogP contribution in [0.3, 0.4) is 0 Å². The average molecular weight is 396 g/mol. The first-order chi connectivity index (χ1) is 14.1. The van der Waals surface area contributed by atoms with E-state index in [1.807, 2.05) is 12.1 Å². The number of ether oxygens (including phenoxy) is 3. The molecule has 1 aromatic heterocycles. The third-order valence-corrected chi connectivity index (χ3v) is 4.89. The summed E-state index contributed by atoms with van der Waals surface area (Å²) in [7, 11) is 4.70. The number of hydrogen-bond acceptors (Lipinski definition) is 7. The van der Waals surface area contributed by atoms with Crippen LogP contribution in [0.15, 0.2) is 36.4 Å². The van der Waals surface area contributed by atoms with Crippen molar-refractivity contribution in [3.05, 3.63) is 52.1 Å². The molecular weight excluding hydrogens is 376 g/mol. The predicted octanol–water partition coefficient (Wildman–Crippen LogP) is 3.44. The van der Waals surface area contributed by atoms with Crippen molar-refractivity contribution in [3.8, 4) is 34.2 Å². The van der Waals surface area contributed by atoms with Crippen LogP contribution in [-0.4, -0.2) is 42.6 Å². The number of nitro groups is 1. The number of fused-ring (bicyclic) bond motifs is 1. The van der Waals surface area contributed by atoms with Gasteiger partial charge in [-0.25, -0.2) is 4.68 Å². The topological polar surface area (TPSA) is 101 Å². The highest BCUT2D eigenvalue weighted by molar-refractivity contribution is 5.76. The van der Waals surface area contributed by atoms with E-state index in [-0.39, 0.29) is 5.69 Å². The molecule has 3 aromatic rings. The van der Waals surface area contributed by atoms with Gasteiger partial charge in [0.1, 0.15) is 5.82 Å². The van der Waals surface area contributed by atoms with Gasteiger partial charge in [0.15, 0.2) is 11.5 Å². The lowest BCUT2D eigenvalue weighted by Crippen LogP contribution is -2.04. The summed E-state index contributed by atoms with van der Waals surface area (Å²) in [5, 5.41) is 19.1. The Labute approximate surface area is 167 Å². The highest BCUT2D eigenvalue weighted by atomic mass is 16.6. The number of nitrogens with one attached hydrogen (secondary N) is 1. The summed E-state index contributed by atoms with van der Waals surface area (Å²) >= 11 is 0. The third kappa shape index (κ3) is 3.10. The van der Waals surface area contributed by atoms with E-state index in [1.165, 1.54) is 12.1 Å².